The van der Waals surface area contributed by atoms with Crippen molar-refractivity contribution >= 4 is 17.4 Å². The number of hydrogen-bond acceptors (Lipinski definition) is 4. The lowest BCUT2D eigenvalue weighted by Crippen LogP contribution is -2.40. The molecule has 1 saturated heterocycles. The van der Waals surface area contributed by atoms with E-state index in [0.717, 1.165) is 32.0 Å². The number of halogens is 4. The Morgan fingerprint density at radius 1 is 1.33 bits per heavy atom. The molecule has 0 N–H and O–H groups in total. The first-order chi connectivity index (χ1) is 9.81. The first-order valence-electron chi connectivity index (χ1n) is 6.88. The molecule has 1 aliphatic rings. The van der Waals surface area contributed by atoms with Crippen molar-refractivity contribution in [1.29, 1.82) is 0 Å². The van der Waals surface area contributed by atoms with E-state index in [2.05, 4.69) is 14.9 Å². The highest BCUT2D eigenvalue weighted by Gasteiger charge is 2.35. The summed E-state index contributed by atoms with van der Waals surface area (Å²) in [6.45, 7) is 4.38. The first-order valence-corrected chi connectivity index (χ1v) is 7.26. The van der Waals surface area contributed by atoms with Gasteiger partial charge in [0.2, 0.25) is 5.28 Å². The molecule has 8 heteroatoms. The molecule has 0 saturated carbocycles. The van der Waals surface area contributed by atoms with E-state index in [-0.39, 0.29) is 17.1 Å². The number of alkyl halides is 3. The van der Waals surface area contributed by atoms with E-state index in [9.17, 15) is 13.2 Å². The largest absolute Gasteiger partial charge is 0.433 e. The molecule has 0 aromatic carbocycles. The highest BCUT2D eigenvalue weighted by Crippen LogP contribution is 2.31. The lowest BCUT2D eigenvalue weighted by Gasteiger charge is -2.31. The van der Waals surface area contributed by atoms with Gasteiger partial charge in [-0.05, 0) is 38.0 Å². The van der Waals surface area contributed by atoms with Crippen LogP contribution in [0.2, 0.25) is 5.28 Å². The normalized spacial score (nSPS) is 21.4. The van der Waals surface area contributed by atoms with Gasteiger partial charge < -0.3 is 9.80 Å². The van der Waals surface area contributed by atoms with E-state index in [0.29, 0.717) is 6.54 Å². The Bertz CT molecular complexity index is 495. The van der Waals surface area contributed by atoms with Gasteiger partial charge in [0.1, 0.15) is 5.82 Å². The van der Waals surface area contributed by atoms with E-state index in [1.807, 2.05) is 18.9 Å². The van der Waals surface area contributed by atoms with E-state index in [4.69, 9.17) is 11.6 Å². The molecule has 0 aliphatic carbocycles. The highest BCUT2D eigenvalue weighted by atomic mass is 35.5. The molecule has 4 nitrogen and oxygen atoms in total. The third-order valence-corrected chi connectivity index (χ3v) is 3.81. The molecule has 1 fully saturated rings. The van der Waals surface area contributed by atoms with Crippen molar-refractivity contribution in [2.75, 3.05) is 31.6 Å². The Kier molecular flexibility index (Phi) is 4.93. The second kappa shape index (κ2) is 6.36. The highest BCUT2D eigenvalue weighted by molar-refractivity contribution is 6.28. The zero-order valence-corrected chi connectivity index (χ0v) is 12.7. The SMILES string of the molecule is CCC1CN(C)CCCN1c1cc(C(F)(F)F)nc(Cl)n1. The Morgan fingerprint density at radius 2 is 2.05 bits per heavy atom. The van der Waals surface area contributed by atoms with Crippen LogP contribution in [-0.2, 0) is 6.18 Å². The van der Waals surface area contributed by atoms with Gasteiger partial charge in [0.15, 0.2) is 5.69 Å². The van der Waals surface area contributed by atoms with Gasteiger partial charge in [-0.25, -0.2) is 9.97 Å². The zero-order valence-electron chi connectivity index (χ0n) is 12.0. The van der Waals surface area contributed by atoms with E-state index >= 15 is 0 Å². The second-order valence-electron chi connectivity index (χ2n) is 5.25. The van der Waals surface area contributed by atoms with Crippen LogP contribution in [0.4, 0.5) is 19.0 Å². The summed E-state index contributed by atoms with van der Waals surface area (Å²) in [5.41, 5.74) is -0.995. The Morgan fingerprint density at radius 3 is 2.67 bits per heavy atom. The molecular formula is C13H18ClF3N4. The van der Waals surface area contributed by atoms with Crippen molar-refractivity contribution in [3.05, 3.63) is 17.0 Å². The molecule has 0 spiro atoms. The van der Waals surface area contributed by atoms with Gasteiger partial charge in [-0.2, -0.15) is 13.2 Å². The zero-order chi connectivity index (χ0) is 15.6. The van der Waals surface area contributed by atoms with Gasteiger partial charge in [-0.15, -0.1) is 0 Å². The molecular weight excluding hydrogens is 305 g/mol. The summed E-state index contributed by atoms with van der Waals surface area (Å²) in [5.74, 6) is 0.254. The molecule has 21 heavy (non-hydrogen) atoms. The summed E-state index contributed by atoms with van der Waals surface area (Å²) >= 11 is 5.68. The number of likely N-dealkylation sites (N-methyl/N-ethyl adjacent to an activating group) is 1. The van der Waals surface area contributed by atoms with Crippen molar-refractivity contribution in [1.82, 2.24) is 14.9 Å². The minimum Gasteiger partial charge on any atom is -0.352 e. The molecule has 1 aliphatic heterocycles. The number of nitrogens with zero attached hydrogens (tertiary/aromatic N) is 4. The molecule has 1 atom stereocenters. The summed E-state index contributed by atoms with van der Waals surface area (Å²) in [4.78, 5) is 11.4. The van der Waals surface area contributed by atoms with E-state index < -0.39 is 11.9 Å². The molecule has 1 unspecified atom stereocenters. The maximum Gasteiger partial charge on any atom is 0.433 e. The summed E-state index contributed by atoms with van der Waals surface area (Å²) in [7, 11) is 2.01. The minimum absolute atomic E-state index is 0.115. The second-order valence-corrected chi connectivity index (χ2v) is 5.59. The first kappa shape index (κ1) is 16.3. The van der Waals surface area contributed by atoms with Crippen LogP contribution in [0.15, 0.2) is 6.07 Å². The van der Waals surface area contributed by atoms with E-state index in [1.54, 1.807) is 0 Å². The van der Waals surface area contributed by atoms with Crippen molar-refractivity contribution in [2.45, 2.75) is 32.0 Å². The standard InChI is InChI=1S/C13H18ClF3N4/c1-3-9-8-20(2)5-4-6-21(9)11-7-10(13(15,16)17)18-12(14)19-11/h7,9H,3-6,8H2,1-2H3. The molecule has 118 valence electrons. The maximum atomic E-state index is 12.9. The van der Waals surface area contributed by atoms with Gasteiger partial charge in [-0.3, -0.25) is 0 Å². The van der Waals surface area contributed by atoms with Gasteiger partial charge in [-0.1, -0.05) is 6.92 Å². The Hall–Kier alpha value is -1.08. The average Bonchev–Trinajstić information content (AvgIpc) is 2.58. The molecule has 1 aromatic rings. The Balaban J connectivity index is 2.37. The Labute approximate surface area is 126 Å². The van der Waals surface area contributed by atoms with Crippen molar-refractivity contribution in [3.63, 3.8) is 0 Å². The molecule has 2 rings (SSSR count). The smallest absolute Gasteiger partial charge is 0.352 e. The fourth-order valence-corrected chi connectivity index (χ4v) is 2.77. The fourth-order valence-electron chi connectivity index (χ4n) is 2.59. The summed E-state index contributed by atoms with van der Waals surface area (Å²) < 4.78 is 38.6. The average molecular weight is 323 g/mol. The third-order valence-electron chi connectivity index (χ3n) is 3.64. The summed E-state index contributed by atoms with van der Waals surface area (Å²) in [6, 6.07) is 1.10. The van der Waals surface area contributed by atoms with Crippen LogP contribution in [0.1, 0.15) is 25.5 Å². The number of aromatic nitrogens is 2. The summed E-state index contributed by atoms with van der Waals surface area (Å²) in [5, 5.41) is -0.368. The predicted molar refractivity (Wildman–Crippen MR) is 75.6 cm³/mol. The molecule has 0 radical (unpaired) electrons. The van der Waals surface area contributed by atoms with Gasteiger partial charge in [0.25, 0.3) is 0 Å². The quantitative estimate of drug-likeness (QED) is 0.783. The van der Waals surface area contributed by atoms with Crippen LogP contribution in [0.25, 0.3) is 0 Å². The van der Waals surface area contributed by atoms with Crippen LogP contribution in [-0.4, -0.2) is 47.6 Å². The lowest BCUT2D eigenvalue weighted by molar-refractivity contribution is -0.141. The summed E-state index contributed by atoms with van der Waals surface area (Å²) in [6.07, 6.45) is -2.82. The van der Waals surface area contributed by atoms with Crippen molar-refractivity contribution < 1.29 is 13.2 Å². The number of hydrogen-bond donors (Lipinski definition) is 0. The van der Waals surface area contributed by atoms with Crippen LogP contribution in [0, 0.1) is 0 Å². The molecule has 0 amide bonds. The van der Waals surface area contributed by atoms with E-state index in [1.165, 1.54) is 0 Å². The van der Waals surface area contributed by atoms with Crippen LogP contribution in [0.5, 0.6) is 0 Å². The molecule has 0 bridgehead atoms. The van der Waals surface area contributed by atoms with Crippen molar-refractivity contribution in [3.8, 4) is 0 Å². The lowest BCUT2D eigenvalue weighted by atomic mass is 10.2. The van der Waals surface area contributed by atoms with Crippen LogP contribution in [0.3, 0.4) is 0 Å². The fraction of sp³-hybridized carbons (Fsp3) is 0.692. The van der Waals surface area contributed by atoms with Crippen LogP contribution >= 0.6 is 11.6 Å². The third kappa shape index (κ3) is 3.97. The van der Waals surface area contributed by atoms with Crippen LogP contribution < -0.4 is 4.90 Å². The molecule has 2 heterocycles. The van der Waals surface area contributed by atoms with Gasteiger partial charge >= 0.3 is 6.18 Å². The minimum atomic E-state index is -4.52. The van der Waals surface area contributed by atoms with Gasteiger partial charge in [0.05, 0.1) is 0 Å². The maximum absolute atomic E-state index is 12.9. The monoisotopic (exact) mass is 322 g/mol. The molecule has 1 aromatic heterocycles. The predicted octanol–water partition coefficient (Wildman–Crippen LogP) is 3.07. The van der Waals surface area contributed by atoms with Gasteiger partial charge in [0, 0.05) is 25.2 Å². The number of anilines is 1. The number of rotatable bonds is 2. The van der Waals surface area contributed by atoms with Crippen molar-refractivity contribution in [2.24, 2.45) is 0 Å². The topological polar surface area (TPSA) is 32.3 Å².